The summed E-state index contributed by atoms with van der Waals surface area (Å²) in [7, 11) is 0. The molecule has 0 aliphatic heterocycles. The van der Waals surface area contributed by atoms with E-state index in [4.69, 9.17) is 5.11 Å². The number of benzene rings is 1. The van der Waals surface area contributed by atoms with Crippen LogP contribution in [0.4, 0.5) is 0 Å². The van der Waals surface area contributed by atoms with Gasteiger partial charge in [0.1, 0.15) is 0 Å². The third-order valence-electron chi connectivity index (χ3n) is 3.21. The quantitative estimate of drug-likeness (QED) is 0.704. The van der Waals surface area contributed by atoms with Crippen LogP contribution in [0.2, 0.25) is 0 Å². The largest absolute Gasteiger partial charge is 0.481 e. The molecule has 20 heavy (non-hydrogen) atoms. The van der Waals surface area contributed by atoms with Gasteiger partial charge in [-0.15, -0.1) is 0 Å². The molecular weight excluding hydrogens is 369 g/mol. The molecule has 0 aromatic heterocycles. The van der Waals surface area contributed by atoms with Gasteiger partial charge in [-0.25, -0.2) is 0 Å². The van der Waals surface area contributed by atoms with Gasteiger partial charge >= 0.3 is 5.97 Å². The molecule has 5 heteroatoms. The van der Waals surface area contributed by atoms with E-state index >= 15 is 0 Å². The molecule has 0 aliphatic rings. The van der Waals surface area contributed by atoms with Crippen LogP contribution in [0.1, 0.15) is 42.1 Å². The molecule has 110 valence electrons. The summed E-state index contributed by atoms with van der Waals surface area (Å²) in [4.78, 5) is 22.5. The van der Waals surface area contributed by atoms with Gasteiger partial charge in [0.15, 0.2) is 0 Å². The summed E-state index contributed by atoms with van der Waals surface area (Å²) in [5, 5.41) is 11.5. The van der Waals surface area contributed by atoms with Crippen molar-refractivity contribution in [3.05, 3.63) is 32.9 Å². The molecule has 1 unspecified atom stereocenters. The molecule has 2 N–H and O–H groups in total. The van der Waals surface area contributed by atoms with Crippen LogP contribution in [-0.4, -0.2) is 23.5 Å². The number of amides is 1. The van der Waals surface area contributed by atoms with Crippen molar-refractivity contribution in [3.8, 4) is 0 Å². The molecule has 0 saturated carbocycles. The Hall–Kier alpha value is -1.11. The molecule has 1 atom stereocenters. The number of halogens is 1. The highest BCUT2D eigenvalue weighted by molar-refractivity contribution is 14.1. The van der Waals surface area contributed by atoms with Gasteiger partial charge in [0, 0.05) is 16.5 Å². The van der Waals surface area contributed by atoms with Crippen molar-refractivity contribution >= 4 is 34.5 Å². The molecule has 1 rings (SSSR count). The number of hydrogen-bond donors (Lipinski definition) is 2. The van der Waals surface area contributed by atoms with Gasteiger partial charge in [-0.05, 0) is 59.9 Å². The summed E-state index contributed by atoms with van der Waals surface area (Å²) in [5.74, 6) is -0.540. The van der Waals surface area contributed by atoms with Crippen LogP contribution < -0.4 is 5.32 Å². The lowest BCUT2D eigenvalue weighted by atomic mass is 10.0. The maximum atomic E-state index is 12.1. The van der Waals surface area contributed by atoms with Gasteiger partial charge in [-0.2, -0.15) is 0 Å². The van der Waals surface area contributed by atoms with Crippen LogP contribution in [0.5, 0.6) is 0 Å². The predicted octanol–water partition coefficient (Wildman–Crippen LogP) is 3.22. The maximum absolute atomic E-state index is 12.1. The summed E-state index contributed by atoms with van der Waals surface area (Å²) in [6.45, 7) is 4.56. The monoisotopic (exact) mass is 389 g/mol. The van der Waals surface area contributed by atoms with E-state index in [1.807, 2.05) is 32.0 Å². The van der Waals surface area contributed by atoms with Crippen LogP contribution in [-0.2, 0) is 4.79 Å². The van der Waals surface area contributed by atoms with Crippen LogP contribution >= 0.6 is 22.6 Å². The molecule has 1 aromatic carbocycles. The van der Waals surface area contributed by atoms with Crippen LogP contribution in [0.25, 0.3) is 0 Å². The first-order chi connectivity index (χ1) is 9.41. The minimum Gasteiger partial charge on any atom is -0.481 e. The van der Waals surface area contributed by atoms with Crippen molar-refractivity contribution in [3.63, 3.8) is 0 Å². The summed E-state index contributed by atoms with van der Waals surface area (Å²) < 4.78 is 0.974. The fourth-order valence-corrected chi connectivity index (χ4v) is 2.47. The molecule has 0 heterocycles. The summed E-state index contributed by atoms with van der Waals surface area (Å²) in [6, 6.07) is 5.67. The second-order valence-electron chi connectivity index (χ2n) is 5.02. The van der Waals surface area contributed by atoms with Crippen molar-refractivity contribution in [2.45, 2.75) is 33.1 Å². The first-order valence-electron chi connectivity index (χ1n) is 6.67. The molecule has 0 bridgehead atoms. The van der Waals surface area contributed by atoms with Gasteiger partial charge in [0.25, 0.3) is 5.91 Å². The van der Waals surface area contributed by atoms with Gasteiger partial charge in [-0.1, -0.05) is 19.1 Å². The van der Waals surface area contributed by atoms with Crippen LogP contribution in [0.3, 0.4) is 0 Å². The number of carboxylic acids is 1. The highest BCUT2D eigenvalue weighted by Crippen LogP contribution is 2.16. The predicted molar refractivity (Wildman–Crippen MR) is 86.9 cm³/mol. The fourth-order valence-electron chi connectivity index (χ4n) is 1.86. The van der Waals surface area contributed by atoms with Crippen molar-refractivity contribution in [2.24, 2.45) is 5.92 Å². The maximum Gasteiger partial charge on any atom is 0.303 e. The van der Waals surface area contributed by atoms with E-state index in [-0.39, 0.29) is 12.3 Å². The Balaban J connectivity index is 2.40. The minimum absolute atomic E-state index is 0.0662. The van der Waals surface area contributed by atoms with Gasteiger partial charge in [-0.3, -0.25) is 9.59 Å². The molecule has 0 spiro atoms. The van der Waals surface area contributed by atoms with Crippen molar-refractivity contribution in [2.75, 3.05) is 6.54 Å². The number of aliphatic carboxylic acids is 1. The Morgan fingerprint density at radius 2 is 2.05 bits per heavy atom. The molecule has 0 radical (unpaired) electrons. The van der Waals surface area contributed by atoms with E-state index in [9.17, 15) is 9.59 Å². The van der Waals surface area contributed by atoms with Crippen LogP contribution in [0.15, 0.2) is 18.2 Å². The van der Waals surface area contributed by atoms with E-state index in [0.29, 0.717) is 24.4 Å². The molecule has 0 saturated heterocycles. The lowest BCUT2D eigenvalue weighted by Crippen LogP contribution is -2.26. The Labute approximate surface area is 133 Å². The molecule has 0 aliphatic carbocycles. The van der Waals surface area contributed by atoms with Gasteiger partial charge in [0.05, 0.1) is 5.56 Å². The number of aryl methyl sites for hydroxylation is 1. The van der Waals surface area contributed by atoms with E-state index in [1.54, 1.807) is 0 Å². The Kier molecular flexibility index (Phi) is 6.98. The summed E-state index contributed by atoms with van der Waals surface area (Å²) >= 11 is 2.18. The first kappa shape index (κ1) is 16.9. The van der Waals surface area contributed by atoms with E-state index < -0.39 is 5.97 Å². The lowest BCUT2D eigenvalue weighted by molar-refractivity contribution is -0.137. The number of carboxylic acid groups (broad SMARTS) is 1. The normalized spacial score (nSPS) is 11.9. The minimum atomic E-state index is -0.768. The Morgan fingerprint density at radius 3 is 2.70 bits per heavy atom. The second kappa shape index (κ2) is 8.24. The standard InChI is InChI=1S/C15H20INO3/c1-10(6-7-13(18)19)8-9-17-15(20)12-5-3-4-11(2)14(12)16/h3-5,10H,6-9H2,1-2H3,(H,17,20)(H,18,19). The van der Waals surface area contributed by atoms with Crippen molar-refractivity contribution in [1.29, 1.82) is 0 Å². The number of rotatable bonds is 7. The van der Waals surface area contributed by atoms with Crippen LogP contribution in [0, 0.1) is 16.4 Å². The lowest BCUT2D eigenvalue weighted by Gasteiger charge is -2.12. The molecule has 1 aromatic rings. The number of carbonyl (C=O) groups excluding carboxylic acids is 1. The Bertz CT molecular complexity index is 488. The first-order valence-corrected chi connectivity index (χ1v) is 7.74. The molecular formula is C15H20INO3. The average Bonchev–Trinajstić information content (AvgIpc) is 2.39. The fraction of sp³-hybridized carbons (Fsp3) is 0.467. The van der Waals surface area contributed by atoms with Crippen molar-refractivity contribution < 1.29 is 14.7 Å². The smallest absolute Gasteiger partial charge is 0.303 e. The van der Waals surface area contributed by atoms with E-state index in [0.717, 1.165) is 15.6 Å². The summed E-state index contributed by atoms with van der Waals surface area (Å²) in [6.07, 6.45) is 1.62. The van der Waals surface area contributed by atoms with E-state index in [1.165, 1.54) is 0 Å². The SMILES string of the molecule is Cc1cccc(C(=O)NCCC(C)CCC(=O)O)c1I. The zero-order chi connectivity index (χ0) is 15.1. The Morgan fingerprint density at radius 1 is 1.35 bits per heavy atom. The van der Waals surface area contributed by atoms with E-state index in [2.05, 4.69) is 27.9 Å². The topological polar surface area (TPSA) is 66.4 Å². The average molecular weight is 389 g/mol. The number of hydrogen-bond acceptors (Lipinski definition) is 2. The number of carbonyl (C=O) groups is 2. The third kappa shape index (κ3) is 5.48. The zero-order valence-corrected chi connectivity index (χ0v) is 13.9. The van der Waals surface area contributed by atoms with Gasteiger partial charge in [0.2, 0.25) is 0 Å². The molecule has 4 nitrogen and oxygen atoms in total. The molecule has 1 amide bonds. The highest BCUT2D eigenvalue weighted by atomic mass is 127. The summed E-state index contributed by atoms with van der Waals surface area (Å²) in [5.41, 5.74) is 1.79. The third-order valence-corrected chi connectivity index (χ3v) is 4.64. The highest BCUT2D eigenvalue weighted by Gasteiger charge is 2.11. The number of nitrogens with one attached hydrogen (secondary N) is 1. The molecule has 0 fully saturated rings. The zero-order valence-electron chi connectivity index (χ0n) is 11.8. The van der Waals surface area contributed by atoms with Gasteiger partial charge < -0.3 is 10.4 Å². The van der Waals surface area contributed by atoms with Crippen molar-refractivity contribution in [1.82, 2.24) is 5.32 Å². The second-order valence-corrected chi connectivity index (χ2v) is 6.10.